The maximum atomic E-state index is 13.5. The average molecular weight is 231 g/mol. The van der Waals surface area contributed by atoms with Crippen LogP contribution < -0.4 is 4.73 Å². The molecule has 4 nitrogen and oxygen atoms in total. The number of hydrogen-bond acceptors (Lipinski definition) is 3. The van der Waals surface area contributed by atoms with E-state index in [1.54, 1.807) is 6.92 Å². The molecule has 0 amide bonds. The molecule has 0 unspecified atom stereocenters. The number of esters is 1. The Morgan fingerprint density at radius 2 is 2.25 bits per heavy atom. The maximum absolute atomic E-state index is 13.5. The lowest BCUT2D eigenvalue weighted by molar-refractivity contribution is -0.623. The minimum Gasteiger partial charge on any atom is -0.618 e. The highest BCUT2D eigenvalue weighted by Gasteiger charge is 2.49. The number of ether oxygens (including phenoxy) is 1. The first-order valence-electron chi connectivity index (χ1n) is 4.65. The largest absolute Gasteiger partial charge is 0.618 e. The van der Waals surface area contributed by atoms with Crippen LogP contribution in [0.4, 0.5) is 8.78 Å². The Labute approximate surface area is 91.0 Å². The molecule has 0 aliphatic heterocycles. The molecule has 1 heterocycles. The van der Waals surface area contributed by atoms with Gasteiger partial charge in [-0.05, 0) is 19.4 Å². The molecule has 0 spiro atoms. The number of hydrogen-bond donors (Lipinski definition) is 0. The highest BCUT2D eigenvalue weighted by Crippen LogP contribution is 2.27. The van der Waals surface area contributed by atoms with E-state index in [1.807, 2.05) is 0 Å². The highest BCUT2D eigenvalue weighted by molar-refractivity contribution is 5.78. The molecule has 0 aliphatic rings. The second kappa shape index (κ2) is 4.42. The number of halogens is 2. The summed E-state index contributed by atoms with van der Waals surface area (Å²) >= 11 is 0. The normalized spacial score (nSPS) is 11.2. The number of aryl methyl sites for hydroxylation is 1. The Morgan fingerprint density at radius 3 is 2.81 bits per heavy atom. The number of nitrogens with zero attached hydrogens (tertiary/aromatic N) is 1. The maximum Gasteiger partial charge on any atom is 0.425 e. The third-order valence-corrected chi connectivity index (χ3v) is 1.93. The predicted octanol–water partition coefficient (Wildman–Crippen LogP) is 1.28. The van der Waals surface area contributed by atoms with Gasteiger partial charge in [-0.1, -0.05) is 0 Å². The van der Waals surface area contributed by atoms with Crippen molar-refractivity contribution in [2.75, 3.05) is 6.61 Å². The van der Waals surface area contributed by atoms with Crippen LogP contribution in [0.3, 0.4) is 0 Å². The molecule has 1 rings (SSSR count). The smallest absolute Gasteiger partial charge is 0.425 e. The molecule has 0 fully saturated rings. The fraction of sp³-hybridized carbons (Fsp3) is 0.400. The second-order valence-electron chi connectivity index (χ2n) is 3.21. The fourth-order valence-electron chi connectivity index (χ4n) is 1.15. The second-order valence-corrected chi connectivity index (χ2v) is 3.21. The summed E-state index contributed by atoms with van der Waals surface area (Å²) in [6.07, 6.45) is 0.928. The van der Waals surface area contributed by atoms with Crippen LogP contribution in [0.15, 0.2) is 18.3 Å². The Kier molecular flexibility index (Phi) is 3.41. The van der Waals surface area contributed by atoms with Crippen molar-refractivity contribution in [2.45, 2.75) is 19.8 Å². The van der Waals surface area contributed by atoms with Crippen LogP contribution in [0, 0.1) is 12.1 Å². The topological polar surface area (TPSA) is 53.2 Å². The van der Waals surface area contributed by atoms with Crippen molar-refractivity contribution in [3.63, 3.8) is 0 Å². The van der Waals surface area contributed by atoms with Crippen molar-refractivity contribution in [1.29, 1.82) is 0 Å². The Hall–Kier alpha value is -1.72. The molecule has 0 saturated heterocycles. The van der Waals surface area contributed by atoms with Gasteiger partial charge in [-0.3, -0.25) is 0 Å². The van der Waals surface area contributed by atoms with E-state index in [0.29, 0.717) is 5.56 Å². The van der Waals surface area contributed by atoms with Gasteiger partial charge in [0, 0.05) is 12.1 Å². The highest BCUT2D eigenvalue weighted by atomic mass is 19.3. The standard InChI is InChI=1S/C10H11F2NO3/c1-3-16-9(14)10(11,12)8-6-7(2)4-5-13(8)15/h4-6H,3H2,1-2H3. The Morgan fingerprint density at radius 1 is 1.62 bits per heavy atom. The van der Waals surface area contributed by atoms with E-state index >= 15 is 0 Å². The van der Waals surface area contributed by atoms with Gasteiger partial charge in [0.2, 0.25) is 0 Å². The zero-order valence-electron chi connectivity index (χ0n) is 8.87. The predicted molar refractivity (Wildman–Crippen MR) is 50.7 cm³/mol. The van der Waals surface area contributed by atoms with E-state index in [2.05, 4.69) is 4.74 Å². The molecule has 0 aliphatic carbocycles. The van der Waals surface area contributed by atoms with Gasteiger partial charge in [0.15, 0.2) is 6.20 Å². The Bertz CT molecular complexity index is 407. The van der Waals surface area contributed by atoms with Gasteiger partial charge in [0.25, 0.3) is 5.69 Å². The minimum absolute atomic E-state index is 0.0378. The third-order valence-electron chi connectivity index (χ3n) is 1.93. The molecule has 0 N–H and O–H groups in total. The summed E-state index contributed by atoms with van der Waals surface area (Å²) in [6.45, 7) is 2.79. The van der Waals surface area contributed by atoms with Crippen molar-refractivity contribution < 1.29 is 23.0 Å². The first kappa shape index (κ1) is 12.4. The van der Waals surface area contributed by atoms with E-state index < -0.39 is 17.6 Å². The van der Waals surface area contributed by atoms with Gasteiger partial charge < -0.3 is 9.94 Å². The summed E-state index contributed by atoms with van der Waals surface area (Å²) in [5, 5.41) is 11.2. The van der Waals surface area contributed by atoms with Gasteiger partial charge in [0.05, 0.1) is 6.61 Å². The van der Waals surface area contributed by atoms with Crippen molar-refractivity contribution in [1.82, 2.24) is 0 Å². The third kappa shape index (κ3) is 2.26. The summed E-state index contributed by atoms with van der Waals surface area (Å²) in [6, 6.07) is 2.33. The van der Waals surface area contributed by atoms with Crippen LogP contribution in [0.25, 0.3) is 0 Å². The van der Waals surface area contributed by atoms with Crippen molar-refractivity contribution in [2.24, 2.45) is 0 Å². The monoisotopic (exact) mass is 231 g/mol. The van der Waals surface area contributed by atoms with E-state index in [1.165, 1.54) is 13.0 Å². The van der Waals surface area contributed by atoms with Gasteiger partial charge in [-0.25, -0.2) is 4.79 Å². The first-order chi connectivity index (χ1) is 7.39. The van der Waals surface area contributed by atoms with Crippen LogP contribution in [0.5, 0.6) is 0 Å². The zero-order chi connectivity index (χ0) is 12.3. The summed E-state index contributed by atoms with van der Waals surface area (Å²) in [4.78, 5) is 11.0. The summed E-state index contributed by atoms with van der Waals surface area (Å²) in [7, 11) is 0. The van der Waals surface area contributed by atoms with Gasteiger partial charge >= 0.3 is 11.9 Å². The van der Waals surface area contributed by atoms with Crippen molar-refractivity contribution >= 4 is 5.97 Å². The zero-order valence-corrected chi connectivity index (χ0v) is 8.87. The average Bonchev–Trinajstić information content (AvgIpc) is 2.22. The molecule has 0 aromatic carbocycles. The van der Waals surface area contributed by atoms with E-state index in [-0.39, 0.29) is 11.3 Å². The molecule has 0 atom stereocenters. The van der Waals surface area contributed by atoms with Crippen LogP contribution in [-0.4, -0.2) is 12.6 Å². The summed E-state index contributed by atoms with van der Waals surface area (Å²) in [5.74, 6) is -5.64. The number of alkyl halides is 2. The summed E-state index contributed by atoms with van der Waals surface area (Å²) < 4.78 is 31.1. The molecule has 0 bridgehead atoms. The molecule has 1 aromatic heterocycles. The van der Waals surface area contributed by atoms with E-state index in [4.69, 9.17) is 0 Å². The minimum atomic E-state index is -3.93. The molecule has 1 aromatic rings. The van der Waals surface area contributed by atoms with Crippen LogP contribution in [0.1, 0.15) is 18.2 Å². The first-order valence-corrected chi connectivity index (χ1v) is 4.65. The SMILES string of the molecule is CCOC(=O)C(F)(F)c1cc(C)cc[n+]1[O-]. The number of rotatable bonds is 3. The molecular weight excluding hydrogens is 220 g/mol. The van der Waals surface area contributed by atoms with Crippen LogP contribution >= 0.6 is 0 Å². The lowest BCUT2D eigenvalue weighted by Crippen LogP contribution is -2.42. The van der Waals surface area contributed by atoms with Crippen LogP contribution in [0.2, 0.25) is 0 Å². The lowest BCUT2D eigenvalue weighted by Gasteiger charge is -2.14. The molecule has 0 saturated carbocycles. The Balaban J connectivity index is 3.15. The molecule has 16 heavy (non-hydrogen) atoms. The van der Waals surface area contributed by atoms with Crippen molar-refractivity contribution in [3.8, 4) is 0 Å². The molecule has 0 radical (unpaired) electrons. The fourth-order valence-corrected chi connectivity index (χ4v) is 1.15. The molecule has 6 heteroatoms. The van der Waals surface area contributed by atoms with E-state index in [9.17, 15) is 18.8 Å². The lowest BCUT2D eigenvalue weighted by atomic mass is 10.1. The van der Waals surface area contributed by atoms with Gasteiger partial charge in [-0.15, -0.1) is 0 Å². The molecule has 88 valence electrons. The number of carbonyl (C=O) groups excluding carboxylic acids is 1. The quantitative estimate of drug-likeness (QED) is 0.447. The van der Waals surface area contributed by atoms with Crippen LogP contribution in [-0.2, 0) is 15.5 Å². The number of carbonyl (C=O) groups is 1. The van der Waals surface area contributed by atoms with E-state index in [0.717, 1.165) is 12.3 Å². The van der Waals surface area contributed by atoms with Gasteiger partial charge in [-0.2, -0.15) is 13.5 Å². The number of aromatic nitrogens is 1. The number of pyridine rings is 1. The molecular formula is C10H11F2NO3. The summed E-state index contributed by atoms with van der Waals surface area (Å²) in [5.41, 5.74) is -0.461. The van der Waals surface area contributed by atoms with Gasteiger partial charge in [0.1, 0.15) is 0 Å². The van der Waals surface area contributed by atoms with Crippen molar-refractivity contribution in [3.05, 3.63) is 34.8 Å².